The van der Waals surface area contributed by atoms with Gasteiger partial charge in [-0.2, -0.15) is 0 Å². The second-order valence-electron chi connectivity index (χ2n) is 5.92. The van der Waals surface area contributed by atoms with Gasteiger partial charge in [-0.25, -0.2) is 0 Å². The van der Waals surface area contributed by atoms with Crippen LogP contribution in [0.15, 0.2) is 85.6 Å². The van der Waals surface area contributed by atoms with Crippen molar-refractivity contribution in [2.24, 2.45) is 0 Å². The molecule has 2 heteroatoms. The molecule has 26 heavy (non-hydrogen) atoms. The van der Waals surface area contributed by atoms with E-state index in [0.29, 0.717) is 0 Å². The van der Waals surface area contributed by atoms with Crippen molar-refractivity contribution in [3.63, 3.8) is 0 Å². The lowest BCUT2D eigenvalue weighted by molar-refractivity contribution is 1.00. The first-order valence-corrected chi connectivity index (χ1v) is 8.98. The molecule has 0 aliphatic heterocycles. The fraction of sp³-hybridized carbons (Fsp3) is 0.167. The molecule has 2 aromatic rings. The molecule has 134 valence electrons. The third kappa shape index (κ3) is 5.25. The highest BCUT2D eigenvalue weighted by atomic mass is 14.9. The topological polar surface area (TPSA) is 24.1 Å². The van der Waals surface area contributed by atoms with Gasteiger partial charge in [-0.15, -0.1) is 0 Å². The van der Waals surface area contributed by atoms with Crippen molar-refractivity contribution in [1.82, 2.24) is 5.32 Å². The summed E-state index contributed by atoms with van der Waals surface area (Å²) in [6.07, 6.45) is 10.2. The number of hydrogen-bond acceptors (Lipinski definition) is 2. The first-order chi connectivity index (χ1) is 12.7. The quantitative estimate of drug-likeness (QED) is 0.531. The first-order valence-electron chi connectivity index (χ1n) is 8.98. The maximum atomic E-state index is 3.70. The van der Waals surface area contributed by atoms with Gasteiger partial charge in [-0.05, 0) is 73.5 Å². The van der Waals surface area contributed by atoms with Gasteiger partial charge in [-0.3, -0.25) is 0 Å². The van der Waals surface area contributed by atoms with Gasteiger partial charge in [0.25, 0.3) is 0 Å². The van der Waals surface area contributed by atoms with E-state index in [2.05, 4.69) is 104 Å². The zero-order chi connectivity index (χ0) is 18.8. The van der Waals surface area contributed by atoms with Crippen LogP contribution in [0, 0.1) is 0 Å². The minimum atomic E-state index is 0.785. The van der Waals surface area contributed by atoms with Gasteiger partial charge in [0.05, 0.1) is 0 Å². The van der Waals surface area contributed by atoms with Crippen LogP contribution in [0.3, 0.4) is 0 Å². The average molecular weight is 345 g/mol. The summed E-state index contributed by atoms with van der Waals surface area (Å²) in [6, 6.07) is 17.0. The van der Waals surface area contributed by atoms with E-state index in [1.54, 1.807) is 6.20 Å². The highest BCUT2D eigenvalue weighted by molar-refractivity contribution is 5.75. The molecule has 0 unspecified atom stereocenters. The summed E-state index contributed by atoms with van der Waals surface area (Å²) in [4.78, 5) is 0. The summed E-state index contributed by atoms with van der Waals surface area (Å²) < 4.78 is 0. The summed E-state index contributed by atoms with van der Waals surface area (Å²) in [5.41, 5.74) is 7.08. The Balaban J connectivity index is 2.08. The molecule has 2 aromatic carbocycles. The lowest BCUT2D eigenvalue weighted by Gasteiger charge is -2.11. The van der Waals surface area contributed by atoms with Gasteiger partial charge in [-0.1, -0.05) is 55.1 Å². The van der Waals surface area contributed by atoms with Crippen molar-refractivity contribution in [3.8, 4) is 0 Å². The molecule has 0 bridgehead atoms. The summed E-state index contributed by atoms with van der Waals surface area (Å²) in [6.45, 7) is 10.6. The van der Waals surface area contributed by atoms with Crippen LogP contribution in [0.4, 0.5) is 11.4 Å². The third-order valence-electron chi connectivity index (χ3n) is 4.21. The molecule has 0 aliphatic rings. The Morgan fingerprint density at radius 1 is 0.846 bits per heavy atom. The Labute approximate surface area is 157 Å². The van der Waals surface area contributed by atoms with E-state index in [1.807, 2.05) is 6.92 Å². The van der Waals surface area contributed by atoms with Gasteiger partial charge >= 0.3 is 0 Å². The molecule has 2 rings (SSSR count). The van der Waals surface area contributed by atoms with E-state index < -0.39 is 0 Å². The number of anilines is 2. The van der Waals surface area contributed by atoms with Crippen molar-refractivity contribution in [2.45, 2.75) is 20.8 Å². The van der Waals surface area contributed by atoms with E-state index in [9.17, 15) is 0 Å². The number of hydrogen-bond donors (Lipinski definition) is 2. The predicted octanol–water partition coefficient (Wildman–Crippen LogP) is 6.55. The van der Waals surface area contributed by atoms with Gasteiger partial charge in [0.1, 0.15) is 0 Å². The van der Waals surface area contributed by atoms with Gasteiger partial charge in [0, 0.05) is 17.9 Å². The van der Waals surface area contributed by atoms with E-state index in [1.165, 1.54) is 22.3 Å². The summed E-state index contributed by atoms with van der Waals surface area (Å²) >= 11 is 0. The van der Waals surface area contributed by atoms with Gasteiger partial charge in [0.15, 0.2) is 0 Å². The van der Waals surface area contributed by atoms with Crippen molar-refractivity contribution < 1.29 is 0 Å². The summed E-state index contributed by atoms with van der Waals surface area (Å²) in [5.74, 6) is 0. The summed E-state index contributed by atoms with van der Waals surface area (Å²) in [7, 11) is 0. The smallest absolute Gasteiger partial charge is 0.0397 e. The third-order valence-corrected chi connectivity index (χ3v) is 4.21. The molecular formula is C24H28N2. The lowest BCUT2D eigenvalue weighted by atomic mass is 10.0. The van der Waals surface area contributed by atoms with Crippen LogP contribution in [-0.4, -0.2) is 6.54 Å². The van der Waals surface area contributed by atoms with Crippen LogP contribution in [0.2, 0.25) is 0 Å². The van der Waals surface area contributed by atoms with Crippen molar-refractivity contribution >= 4 is 22.5 Å². The minimum absolute atomic E-state index is 0.785. The number of benzene rings is 2. The normalized spacial score (nSPS) is 12.3. The summed E-state index contributed by atoms with van der Waals surface area (Å²) in [5, 5.41) is 6.61. The van der Waals surface area contributed by atoms with Crippen LogP contribution < -0.4 is 10.6 Å². The maximum Gasteiger partial charge on any atom is 0.0397 e. The molecule has 0 radical (unpaired) electrons. The number of nitrogens with one attached hydrogen (secondary N) is 2. The fourth-order valence-corrected chi connectivity index (χ4v) is 2.77. The molecule has 0 aliphatic carbocycles. The van der Waals surface area contributed by atoms with Crippen molar-refractivity contribution in [2.75, 3.05) is 11.9 Å². The Kier molecular flexibility index (Phi) is 7.50. The highest BCUT2D eigenvalue weighted by Gasteiger charge is 2.02. The SMILES string of the molecule is C=CNC/C(=C\C)c1ccc(Nc2ccc(C(/C=C\C)=C/C)cc2)cc1. The van der Waals surface area contributed by atoms with E-state index in [0.717, 1.165) is 17.9 Å². The van der Waals surface area contributed by atoms with Crippen LogP contribution in [0.25, 0.3) is 11.1 Å². The molecular weight excluding hydrogens is 316 g/mol. The monoisotopic (exact) mass is 344 g/mol. The number of rotatable bonds is 8. The molecule has 0 saturated heterocycles. The van der Waals surface area contributed by atoms with Gasteiger partial charge < -0.3 is 10.6 Å². The second-order valence-corrected chi connectivity index (χ2v) is 5.92. The zero-order valence-corrected chi connectivity index (χ0v) is 15.9. The predicted molar refractivity (Wildman–Crippen MR) is 116 cm³/mol. The van der Waals surface area contributed by atoms with E-state index in [-0.39, 0.29) is 0 Å². The maximum absolute atomic E-state index is 3.70. The van der Waals surface area contributed by atoms with Crippen LogP contribution in [-0.2, 0) is 0 Å². The van der Waals surface area contributed by atoms with Crippen LogP contribution in [0.5, 0.6) is 0 Å². The average Bonchev–Trinajstić information content (AvgIpc) is 2.68. The standard InChI is InChI=1S/C24H28N2/c1-5-9-19(6-2)21-10-14-23(15-11-21)26-24-16-12-22(13-17-24)20(7-3)18-25-8-4/h5-17,25-26H,4,18H2,1-3H3/b9-5-,19-6+,20-7+. The molecule has 0 atom stereocenters. The highest BCUT2D eigenvalue weighted by Crippen LogP contribution is 2.23. The van der Waals surface area contributed by atoms with Crippen LogP contribution >= 0.6 is 0 Å². The van der Waals surface area contributed by atoms with Crippen molar-refractivity contribution in [3.05, 3.63) is 96.7 Å². The molecule has 0 fully saturated rings. The number of allylic oxidation sites excluding steroid dienone is 5. The van der Waals surface area contributed by atoms with Gasteiger partial charge in [0.2, 0.25) is 0 Å². The first kappa shape index (κ1) is 19.3. The van der Waals surface area contributed by atoms with E-state index >= 15 is 0 Å². The second kappa shape index (κ2) is 10.1. The van der Waals surface area contributed by atoms with E-state index in [4.69, 9.17) is 0 Å². The zero-order valence-electron chi connectivity index (χ0n) is 15.9. The van der Waals surface area contributed by atoms with Crippen molar-refractivity contribution in [1.29, 1.82) is 0 Å². The van der Waals surface area contributed by atoms with Crippen LogP contribution in [0.1, 0.15) is 31.9 Å². The Hall–Kier alpha value is -3.00. The molecule has 0 spiro atoms. The Morgan fingerprint density at radius 2 is 1.42 bits per heavy atom. The largest absolute Gasteiger partial charge is 0.387 e. The molecule has 0 heterocycles. The minimum Gasteiger partial charge on any atom is -0.387 e. The molecule has 2 nitrogen and oxygen atoms in total. The fourth-order valence-electron chi connectivity index (χ4n) is 2.77. The molecule has 0 amide bonds. The Morgan fingerprint density at radius 3 is 1.88 bits per heavy atom. The molecule has 2 N–H and O–H groups in total. The molecule has 0 aromatic heterocycles. The Bertz CT molecular complexity index is 791. The lowest BCUT2D eigenvalue weighted by Crippen LogP contribution is -2.08. The molecule has 0 saturated carbocycles.